The molecule has 0 saturated heterocycles. The molecule has 14 heavy (non-hydrogen) atoms. The topological polar surface area (TPSA) is 51.8 Å². The molecule has 1 aromatic heterocycles. The van der Waals surface area contributed by atoms with Crippen LogP contribution in [-0.4, -0.2) is 10.2 Å². The molecule has 0 spiro atoms. The molecule has 0 fully saturated rings. The number of aryl methyl sites for hydroxylation is 2. The number of nitrogens with zero attached hydrogens (tertiary/aromatic N) is 2. The zero-order valence-corrected chi connectivity index (χ0v) is 8.83. The van der Waals surface area contributed by atoms with Crippen LogP contribution in [0.5, 0.6) is 0 Å². The third-order valence-corrected chi connectivity index (χ3v) is 2.18. The van der Waals surface area contributed by atoms with Crippen molar-refractivity contribution in [3.8, 4) is 0 Å². The molecule has 0 saturated carbocycles. The van der Waals surface area contributed by atoms with E-state index in [9.17, 15) is 0 Å². The number of aromatic nitrogens is 2. The molecule has 0 aliphatic rings. The second-order valence-corrected chi connectivity index (χ2v) is 3.37. The number of hydrogen-bond donors (Lipinski definition) is 1. The molecule has 2 N–H and O–H groups in total. The van der Waals surface area contributed by atoms with E-state index in [1.165, 1.54) is 0 Å². The smallest absolute Gasteiger partial charge is 0.0676 e. The van der Waals surface area contributed by atoms with Gasteiger partial charge in [-0.05, 0) is 31.4 Å². The van der Waals surface area contributed by atoms with Gasteiger partial charge < -0.3 is 5.73 Å². The van der Waals surface area contributed by atoms with Crippen LogP contribution in [0.4, 0.5) is 0 Å². The number of hydrogen-bond acceptors (Lipinski definition) is 3. The Bertz CT molecular complexity index is 320. The summed E-state index contributed by atoms with van der Waals surface area (Å²) >= 11 is 0. The van der Waals surface area contributed by atoms with Gasteiger partial charge in [0.25, 0.3) is 0 Å². The van der Waals surface area contributed by atoms with E-state index in [-0.39, 0.29) is 6.04 Å². The monoisotopic (exact) mass is 191 g/mol. The molecular formula is C11H17N3. The first-order valence-corrected chi connectivity index (χ1v) is 4.88. The minimum absolute atomic E-state index is 0.00310. The lowest BCUT2D eigenvalue weighted by atomic mass is 10.0. The predicted molar refractivity (Wildman–Crippen MR) is 57.9 cm³/mol. The van der Waals surface area contributed by atoms with Crippen molar-refractivity contribution in [1.82, 2.24) is 10.2 Å². The molecular weight excluding hydrogens is 174 g/mol. The summed E-state index contributed by atoms with van der Waals surface area (Å²) in [4.78, 5) is 0. The van der Waals surface area contributed by atoms with Crippen LogP contribution in [0.15, 0.2) is 18.7 Å². The standard InChI is InChI=1S/C11H17N3/c1-4-6-10(12)9-7-8(3)13-14-11(9)5-2/h4,7,10H,1,5-6,12H2,2-3H3. The molecule has 3 heteroatoms. The normalized spacial score (nSPS) is 12.5. The second kappa shape index (κ2) is 4.86. The molecule has 0 aromatic carbocycles. The van der Waals surface area contributed by atoms with Crippen molar-refractivity contribution < 1.29 is 0 Å². The van der Waals surface area contributed by atoms with Crippen molar-refractivity contribution in [2.24, 2.45) is 5.73 Å². The van der Waals surface area contributed by atoms with Crippen LogP contribution in [0.1, 0.15) is 36.3 Å². The Morgan fingerprint density at radius 3 is 2.86 bits per heavy atom. The van der Waals surface area contributed by atoms with E-state index in [4.69, 9.17) is 5.73 Å². The van der Waals surface area contributed by atoms with Gasteiger partial charge in [-0.3, -0.25) is 0 Å². The Morgan fingerprint density at radius 1 is 1.57 bits per heavy atom. The van der Waals surface area contributed by atoms with Gasteiger partial charge in [-0.1, -0.05) is 13.0 Å². The Morgan fingerprint density at radius 2 is 2.29 bits per heavy atom. The van der Waals surface area contributed by atoms with Crippen LogP contribution in [-0.2, 0) is 6.42 Å². The first kappa shape index (κ1) is 10.9. The van der Waals surface area contributed by atoms with Crippen LogP contribution >= 0.6 is 0 Å². The fourth-order valence-electron chi connectivity index (χ4n) is 1.44. The lowest BCUT2D eigenvalue weighted by Crippen LogP contribution is -2.13. The third kappa shape index (κ3) is 2.39. The predicted octanol–water partition coefficient (Wildman–Crippen LogP) is 1.92. The Hall–Kier alpha value is -1.22. The molecule has 1 atom stereocenters. The van der Waals surface area contributed by atoms with Crippen molar-refractivity contribution >= 4 is 0 Å². The van der Waals surface area contributed by atoms with Gasteiger partial charge in [0.05, 0.1) is 11.4 Å². The maximum Gasteiger partial charge on any atom is 0.0676 e. The van der Waals surface area contributed by atoms with Crippen LogP contribution in [0, 0.1) is 6.92 Å². The van der Waals surface area contributed by atoms with Crippen molar-refractivity contribution in [2.75, 3.05) is 0 Å². The summed E-state index contributed by atoms with van der Waals surface area (Å²) < 4.78 is 0. The van der Waals surface area contributed by atoms with Gasteiger partial charge in [0.1, 0.15) is 0 Å². The van der Waals surface area contributed by atoms with Crippen LogP contribution in [0.3, 0.4) is 0 Å². The fraction of sp³-hybridized carbons (Fsp3) is 0.455. The minimum atomic E-state index is -0.00310. The summed E-state index contributed by atoms with van der Waals surface area (Å²) in [6, 6.07) is 2.01. The summed E-state index contributed by atoms with van der Waals surface area (Å²) in [5.74, 6) is 0. The third-order valence-electron chi connectivity index (χ3n) is 2.18. The SMILES string of the molecule is C=CCC(N)c1cc(C)nnc1CC. The van der Waals surface area contributed by atoms with E-state index in [0.29, 0.717) is 0 Å². The van der Waals surface area contributed by atoms with Crippen LogP contribution in [0.2, 0.25) is 0 Å². The fourth-order valence-corrected chi connectivity index (χ4v) is 1.44. The lowest BCUT2D eigenvalue weighted by molar-refractivity contribution is 0.706. The quantitative estimate of drug-likeness (QED) is 0.740. The first-order chi connectivity index (χ1) is 6.69. The van der Waals surface area contributed by atoms with E-state index in [2.05, 4.69) is 23.7 Å². The van der Waals surface area contributed by atoms with Gasteiger partial charge in [-0.25, -0.2) is 0 Å². The zero-order valence-electron chi connectivity index (χ0n) is 8.83. The minimum Gasteiger partial charge on any atom is -0.324 e. The highest BCUT2D eigenvalue weighted by atomic mass is 15.1. The van der Waals surface area contributed by atoms with Gasteiger partial charge in [0, 0.05) is 6.04 Å². The van der Waals surface area contributed by atoms with E-state index >= 15 is 0 Å². The summed E-state index contributed by atoms with van der Waals surface area (Å²) in [6.07, 6.45) is 3.48. The molecule has 1 rings (SSSR count). The maximum absolute atomic E-state index is 6.01. The highest BCUT2D eigenvalue weighted by Gasteiger charge is 2.10. The Balaban J connectivity index is 3.02. The van der Waals surface area contributed by atoms with Gasteiger partial charge >= 0.3 is 0 Å². The van der Waals surface area contributed by atoms with E-state index < -0.39 is 0 Å². The second-order valence-electron chi connectivity index (χ2n) is 3.37. The van der Waals surface area contributed by atoms with E-state index in [1.54, 1.807) is 0 Å². The number of rotatable bonds is 4. The summed E-state index contributed by atoms with van der Waals surface area (Å²) in [7, 11) is 0. The molecule has 0 radical (unpaired) electrons. The largest absolute Gasteiger partial charge is 0.324 e. The van der Waals surface area contributed by atoms with Crippen molar-refractivity contribution in [2.45, 2.75) is 32.7 Å². The summed E-state index contributed by atoms with van der Waals surface area (Å²) in [5, 5.41) is 8.16. The molecule has 0 bridgehead atoms. The summed E-state index contributed by atoms with van der Waals surface area (Å²) in [6.45, 7) is 7.67. The average molecular weight is 191 g/mol. The molecule has 0 aliphatic carbocycles. The number of nitrogens with two attached hydrogens (primary N) is 1. The highest BCUT2D eigenvalue weighted by Crippen LogP contribution is 2.18. The van der Waals surface area contributed by atoms with Gasteiger partial charge in [0.2, 0.25) is 0 Å². The van der Waals surface area contributed by atoms with Gasteiger partial charge in [-0.15, -0.1) is 6.58 Å². The van der Waals surface area contributed by atoms with Gasteiger partial charge in [0.15, 0.2) is 0 Å². The zero-order chi connectivity index (χ0) is 10.6. The molecule has 76 valence electrons. The summed E-state index contributed by atoms with van der Waals surface area (Å²) in [5.41, 5.74) is 9.01. The van der Waals surface area contributed by atoms with Crippen molar-refractivity contribution in [3.63, 3.8) is 0 Å². The molecule has 1 aromatic rings. The Kier molecular flexibility index (Phi) is 3.77. The van der Waals surface area contributed by atoms with Crippen molar-refractivity contribution in [3.05, 3.63) is 35.7 Å². The molecule has 0 amide bonds. The maximum atomic E-state index is 6.01. The van der Waals surface area contributed by atoms with E-state index in [0.717, 1.165) is 29.8 Å². The van der Waals surface area contributed by atoms with Gasteiger partial charge in [-0.2, -0.15) is 10.2 Å². The molecule has 1 heterocycles. The Labute approximate surface area is 85.0 Å². The molecule has 1 unspecified atom stereocenters. The molecule has 0 aliphatic heterocycles. The molecule has 3 nitrogen and oxygen atoms in total. The lowest BCUT2D eigenvalue weighted by Gasteiger charge is -2.13. The van der Waals surface area contributed by atoms with Crippen LogP contribution in [0.25, 0.3) is 0 Å². The van der Waals surface area contributed by atoms with Crippen LogP contribution < -0.4 is 5.73 Å². The first-order valence-electron chi connectivity index (χ1n) is 4.88. The highest BCUT2D eigenvalue weighted by molar-refractivity contribution is 5.24. The van der Waals surface area contributed by atoms with Crippen molar-refractivity contribution in [1.29, 1.82) is 0 Å². The van der Waals surface area contributed by atoms with E-state index in [1.807, 2.05) is 19.1 Å². The average Bonchev–Trinajstić information content (AvgIpc) is 2.18.